The normalized spacial score (nSPS) is 14.1. The van der Waals surface area contributed by atoms with Crippen LogP contribution in [0.25, 0.3) is 0 Å². The van der Waals surface area contributed by atoms with Crippen LogP contribution in [0.5, 0.6) is 0 Å². The van der Waals surface area contributed by atoms with E-state index in [9.17, 15) is 9.59 Å². The Balaban J connectivity index is 1.94. The highest BCUT2D eigenvalue weighted by atomic mass is 79.9. The van der Waals surface area contributed by atoms with Crippen LogP contribution in [0.15, 0.2) is 53.0 Å². The monoisotopic (exact) mass is 386 g/mol. The van der Waals surface area contributed by atoms with Gasteiger partial charge < -0.3 is 4.90 Å². The zero-order valence-electron chi connectivity index (χ0n) is 13.5. The maximum absolute atomic E-state index is 13.1. The van der Waals surface area contributed by atoms with Crippen LogP contribution in [-0.4, -0.2) is 29.9 Å². The lowest BCUT2D eigenvalue weighted by Crippen LogP contribution is -2.42. The SMILES string of the molecule is Cc1ccc(N(CN2CCCC2=O)C(=O)c2ccccc2Br)cc1. The molecule has 0 aromatic heterocycles. The summed E-state index contributed by atoms with van der Waals surface area (Å²) in [6.45, 7) is 2.99. The van der Waals surface area contributed by atoms with Crippen LogP contribution in [0.1, 0.15) is 28.8 Å². The highest BCUT2D eigenvalue weighted by Crippen LogP contribution is 2.24. The largest absolute Gasteiger partial charge is 0.324 e. The van der Waals surface area contributed by atoms with Crippen molar-refractivity contribution in [2.75, 3.05) is 18.1 Å². The van der Waals surface area contributed by atoms with Gasteiger partial charge >= 0.3 is 0 Å². The van der Waals surface area contributed by atoms with Crippen molar-refractivity contribution in [3.63, 3.8) is 0 Å². The number of hydrogen-bond acceptors (Lipinski definition) is 2. The molecular weight excluding hydrogens is 368 g/mol. The van der Waals surface area contributed by atoms with Gasteiger partial charge in [0.05, 0.1) is 5.56 Å². The second-order valence-electron chi connectivity index (χ2n) is 5.95. The Morgan fingerprint density at radius 2 is 1.88 bits per heavy atom. The molecule has 0 bridgehead atoms. The van der Waals surface area contributed by atoms with Gasteiger partial charge in [-0.05, 0) is 53.5 Å². The summed E-state index contributed by atoms with van der Waals surface area (Å²) in [5.74, 6) is -0.0157. The first kappa shape index (κ1) is 16.7. The number of carbonyl (C=O) groups is 2. The summed E-state index contributed by atoms with van der Waals surface area (Å²) in [4.78, 5) is 28.5. The Bertz CT molecular complexity index is 758. The van der Waals surface area contributed by atoms with E-state index in [1.54, 1.807) is 15.9 Å². The highest BCUT2D eigenvalue weighted by molar-refractivity contribution is 9.10. The van der Waals surface area contributed by atoms with E-state index in [4.69, 9.17) is 0 Å². The van der Waals surface area contributed by atoms with E-state index in [2.05, 4.69) is 15.9 Å². The van der Waals surface area contributed by atoms with Crippen molar-refractivity contribution in [2.45, 2.75) is 19.8 Å². The Morgan fingerprint density at radius 1 is 1.17 bits per heavy atom. The molecule has 3 rings (SSSR count). The number of nitrogens with zero attached hydrogens (tertiary/aromatic N) is 2. The summed E-state index contributed by atoms with van der Waals surface area (Å²) < 4.78 is 0.750. The fourth-order valence-corrected chi connectivity index (χ4v) is 3.25. The summed E-state index contributed by atoms with van der Waals surface area (Å²) >= 11 is 3.45. The number of rotatable bonds is 4. The average molecular weight is 387 g/mol. The molecule has 1 saturated heterocycles. The second-order valence-corrected chi connectivity index (χ2v) is 6.81. The van der Waals surface area contributed by atoms with Gasteiger partial charge in [-0.1, -0.05) is 29.8 Å². The number of amides is 2. The molecule has 0 aliphatic carbocycles. The molecule has 0 spiro atoms. The second kappa shape index (κ2) is 7.18. The van der Waals surface area contributed by atoms with Crippen LogP contribution in [0.3, 0.4) is 0 Å². The van der Waals surface area contributed by atoms with Crippen molar-refractivity contribution in [3.05, 3.63) is 64.1 Å². The number of anilines is 1. The number of likely N-dealkylation sites (tertiary alicyclic amines) is 1. The van der Waals surface area contributed by atoms with E-state index in [1.165, 1.54) is 0 Å². The first-order chi connectivity index (χ1) is 11.6. The zero-order chi connectivity index (χ0) is 17.1. The number of hydrogen-bond donors (Lipinski definition) is 0. The molecule has 2 amide bonds. The molecule has 0 saturated carbocycles. The van der Waals surface area contributed by atoms with Crippen molar-refractivity contribution in [1.82, 2.24) is 4.90 Å². The topological polar surface area (TPSA) is 40.6 Å². The van der Waals surface area contributed by atoms with Crippen LogP contribution < -0.4 is 4.90 Å². The van der Waals surface area contributed by atoms with Crippen LogP contribution >= 0.6 is 15.9 Å². The van der Waals surface area contributed by atoms with Crippen molar-refractivity contribution >= 4 is 33.4 Å². The minimum atomic E-state index is -0.119. The molecule has 1 aliphatic heterocycles. The molecular formula is C19H19BrN2O2. The van der Waals surface area contributed by atoms with Gasteiger partial charge in [-0.2, -0.15) is 0 Å². The molecule has 124 valence electrons. The fraction of sp³-hybridized carbons (Fsp3) is 0.263. The predicted octanol–water partition coefficient (Wildman–Crippen LogP) is 3.98. The fourth-order valence-electron chi connectivity index (χ4n) is 2.79. The lowest BCUT2D eigenvalue weighted by atomic mass is 10.1. The maximum atomic E-state index is 13.1. The average Bonchev–Trinajstić information content (AvgIpc) is 2.98. The van der Waals surface area contributed by atoms with E-state index in [-0.39, 0.29) is 18.5 Å². The van der Waals surface area contributed by atoms with E-state index in [0.29, 0.717) is 18.5 Å². The first-order valence-corrected chi connectivity index (χ1v) is 8.76. The minimum Gasteiger partial charge on any atom is -0.324 e. The predicted molar refractivity (Wildman–Crippen MR) is 97.9 cm³/mol. The van der Waals surface area contributed by atoms with Gasteiger partial charge in [0.2, 0.25) is 5.91 Å². The van der Waals surface area contributed by atoms with Gasteiger partial charge in [0, 0.05) is 23.1 Å². The van der Waals surface area contributed by atoms with Crippen LogP contribution in [0.2, 0.25) is 0 Å². The van der Waals surface area contributed by atoms with E-state index in [0.717, 1.165) is 22.1 Å². The first-order valence-electron chi connectivity index (χ1n) is 7.97. The summed E-state index contributed by atoms with van der Waals surface area (Å²) in [5.41, 5.74) is 2.51. The Kier molecular flexibility index (Phi) is 5.00. The number of aryl methyl sites for hydroxylation is 1. The standard InChI is InChI=1S/C19H19BrN2O2/c1-14-8-10-15(11-9-14)22(13-21-12-4-7-18(21)23)19(24)16-5-2-3-6-17(16)20/h2-3,5-6,8-11H,4,7,12-13H2,1H3. The molecule has 1 aliphatic rings. The number of benzene rings is 2. The molecule has 2 aromatic carbocycles. The van der Waals surface area contributed by atoms with Gasteiger partial charge in [-0.3, -0.25) is 14.5 Å². The third-order valence-corrected chi connectivity index (χ3v) is 4.87. The Hall–Kier alpha value is -2.14. The third kappa shape index (κ3) is 3.51. The third-order valence-electron chi connectivity index (χ3n) is 4.18. The highest BCUT2D eigenvalue weighted by Gasteiger charge is 2.27. The molecule has 1 fully saturated rings. The quantitative estimate of drug-likeness (QED) is 0.796. The Labute approximate surface area is 150 Å². The van der Waals surface area contributed by atoms with Gasteiger partial charge in [0.1, 0.15) is 6.67 Å². The van der Waals surface area contributed by atoms with E-state index >= 15 is 0 Å². The van der Waals surface area contributed by atoms with Gasteiger partial charge in [0.25, 0.3) is 5.91 Å². The van der Waals surface area contributed by atoms with Crippen molar-refractivity contribution in [2.24, 2.45) is 0 Å². The molecule has 0 radical (unpaired) electrons. The van der Waals surface area contributed by atoms with Gasteiger partial charge in [0.15, 0.2) is 0 Å². The number of halogens is 1. The summed E-state index contributed by atoms with van der Waals surface area (Å²) in [6.07, 6.45) is 1.41. The maximum Gasteiger partial charge on any atom is 0.260 e. The van der Waals surface area contributed by atoms with Crippen molar-refractivity contribution < 1.29 is 9.59 Å². The van der Waals surface area contributed by atoms with Crippen LogP contribution in [0.4, 0.5) is 5.69 Å². The smallest absolute Gasteiger partial charge is 0.260 e. The molecule has 0 unspecified atom stereocenters. The summed E-state index contributed by atoms with van der Waals surface area (Å²) in [7, 11) is 0. The molecule has 5 heteroatoms. The minimum absolute atomic E-state index is 0.104. The summed E-state index contributed by atoms with van der Waals surface area (Å²) in [5, 5.41) is 0. The van der Waals surface area contributed by atoms with Gasteiger partial charge in [-0.15, -0.1) is 0 Å². The van der Waals surface area contributed by atoms with Crippen LogP contribution in [-0.2, 0) is 4.79 Å². The van der Waals surface area contributed by atoms with Crippen LogP contribution in [0, 0.1) is 6.92 Å². The van der Waals surface area contributed by atoms with E-state index < -0.39 is 0 Å². The van der Waals surface area contributed by atoms with Gasteiger partial charge in [-0.25, -0.2) is 0 Å². The molecule has 2 aromatic rings. The Morgan fingerprint density at radius 3 is 2.50 bits per heavy atom. The molecule has 0 atom stereocenters. The zero-order valence-corrected chi connectivity index (χ0v) is 15.1. The number of carbonyl (C=O) groups excluding carboxylic acids is 2. The molecule has 0 N–H and O–H groups in total. The molecule has 24 heavy (non-hydrogen) atoms. The lowest BCUT2D eigenvalue weighted by Gasteiger charge is -2.28. The summed E-state index contributed by atoms with van der Waals surface area (Å²) in [6, 6.07) is 15.1. The van der Waals surface area contributed by atoms with Crippen molar-refractivity contribution in [3.8, 4) is 0 Å². The molecule has 4 nitrogen and oxygen atoms in total. The lowest BCUT2D eigenvalue weighted by molar-refractivity contribution is -0.127. The van der Waals surface area contributed by atoms with Crippen molar-refractivity contribution in [1.29, 1.82) is 0 Å². The molecule has 1 heterocycles. The van der Waals surface area contributed by atoms with E-state index in [1.807, 2.05) is 49.4 Å².